The molecule has 1 N–H and O–H groups in total. The van der Waals surface area contributed by atoms with Crippen LogP contribution in [0, 0.1) is 0 Å². The molecular weight excluding hydrogens is 264 g/mol. The predicted molar refractivity (Wildman–Crippen MR) is 74.4 cm³/mol. The van der Waals surface area contributed by atoms with Crippen LogP contribution in [0.4, 0.5) is 4.79 Å². The molecule has 1 aromatic rings. The highest BCUT2D eigenvalue weighted by Crippen LogP contribution is 2.22. The van der Waals surface area contributed by atoms with Crippen LogP contribution >= 0.6 is 11.3 Å². The molecule has 1 amide bonds. The Bertz CT molecular complexity index is 449. The van der Waals surface area contributed by atoms with Crippen molar-refractivity contribution >= 4 is 23.7 Å². The van der Waals surface area contributed by atoms with Crippen LogP contribution in [-0.2, 0) is 9.53 Å². The number of hydrogen-bond acceptors (Lipinski definition) is 5. The van der Waals surface area contributed by atoms with E-state index in [0.29, 0.717) is 17.9 Å². The summed E-state index contributed by atoms with van der Waals surface area (Å²) in [5, 5.41) is 5.23. The van der Waals surface area contributed by atoms with E-state index in [2.05, 4.69) is 10.3 Å². The van der Waals surface area contributed by atoms with Crippen LogP contribution < -0.4 is 5.32 Å². The molecule has 0 fully saturated rings. The molecule has 0 aromatic carbocycles. The lowest BCUT2D eigenvalue weighted by Gasteiger charge is -2.21. The van der Waals surface area contributed by atoms with Crippen LogP contribution in [0.2, 0.25) is 0 Å². The topological polar surface area (TPSA) is 68.3 Å². The van der Waals surface area contributed by atoms with Gasteiger partial charge in [-0.1, -0.05) is 13.8 Å². The highest BCUT2D eigenvalue weighted by Gasteiger charge is 2.22. The van der Waals surface area contributed by atoms with Gasteiger partial charge in [0, 0.05) is 11.3 Å². The van der Waals surface area contributed by atoms with Crippen LogP contribution in [0.15, 0.2) is 5.38 Å². The average molecular weight is 284 g/mol. The summed E-state index contributed by atoms with van der Waals surface area (Å²) < 4.78 is 5.11. The van der Waals surface area contributed by atoms with E-state index in [-0.39, 0.29) is 0 Å². The van der Waals surface area contributed by atoms with E-state index in [1.165, 1.54) is 11.3 Å². The van der Waals surface area contributed by atoms with Gasteiger partial charge in [-0.15, -0.1) is 11.3 Å². The zero-order chi connectivity index (χ0) is 14.6. The number of aldehydes is 1. The van der Waals surface area contributed by atoms with Crippen LogP contribution in [0.1, 0.15) is 57.3 Å². The van der Waals surface area contributed by atoms with Crippen molar-refractivity contribution in [3.05, 3.63) is 16.1 Å². The Labute approximate surface area is 117 Å². The number of amides is 1. The monoisotopic (exact) mass is 284 g/mol. The molecule has 0 aliphatic carbocycles. The van der Waals surface area contributed by atoms with E-state index in [4.69, 9.17) is 4.74 Å². The number of carbonyl (C=O) groups is 2. The molecule has 0 aliphatic rings. The van der Waals surface area contributed by atoms with E-state index < -0.39 is 17.7 Å². The van der Waals surface area contributed by atoms with Gasteiger partial charge in [-0.25, -0.2) is 9.78 Å². The van der Waals surface area contributed by atoms with Gasteiger partial charge in [0.2, 0.25) is 0 Å². The number of nitrogens with zero attached hydrogens (tertiary/aromatic N) is 1. The minimum atomic E-state index is -0.765. The maximum atomic E-state index is 11.6. The predicted octanol–water partition coefficient (Wildman–Crippen LogP) is 3.03. The SMILES string of the molecule is CC(C)c1nc(C(C=O)NC(=O)OC(C)(C)C)cs1. The fraction of sp³-hybridized carbons (Fsp3) is 0.615. The summed E-state index contributed by atoms with van der Waals surface area (Å²) in [7, 11) is 0. The number of hydrogen-bond donors (Lipinski definition) is 1. The molecule has 0 radical (unpaired) electrons. The Kier molecular flexibility index (Phi) is 5.05. The standard InChI is InChI=1S/C13H20N2O3S/c1-8(2)11-14-10(7-19-11)9(6-16)15-12(17)18-13(3,4)5/h6-9H,1-5H3,(H,15,17). The van der Waals surface area contributed by atoms with Crippen molar-refractivity contribution in [3.8, 4) is 0 Å². The van der Waals surface area contributed by atoms with Crippen molar-refractivity contribution in [2.45, 2.75) is 52.2 Å². The first-order valence-electron chi connectivity index (χ1n) is 6.13. The first-order valence-corrected chi connectivity index (χ1v) is 7.01. The number of ether oxygens (including phenoxy) is 1. The third-order valence-corrected chi connectivity index (χ3v) is 3.32. The molecule has 5 nitrogen and oxygen atoms in total. The number of rotatable bonds is 4. The quantitative estimate of drug-likeness (QED) is 0.863. The van der Waals surface area contributed by atoms with Gasteiger partial charge in [0.1, 0.15) is 17.9 Å². The summed E-state index contributed by atoms with van der Waals surface area (Å²) in [6, 6.07) is -0.765. The lowest BCUT2D eigenvalue weighted by molar-refractivity contribution is -0.109. The van der Waals surface area contributed by atoms with E-state index in [9.17, 15) is 9.59 Å². The molecule has 1 aromatic heterocycles. The van der Waals surface area contributed by atoms with Gasteiger partial charge in [0.15, 0.2) is 0 Å². The zero-order valence-corrected chi connectivity index (χ0v) is 12.7. The van der Waals surface area contributed by atoms with Crippen molar-refractivity contribution in [1.82, 2.24) is 10.3 Å². The molecule has 106 valence electrons. The second kappa shape index (κ2) is 6.14. The summed E-state index contributed by atoms with van der Waals surface area (Å²) in [5.74, 6) is 0.299. The van der Waals surface area contributed by atoms with Gasteiger partial charge in [-0.2, -0.15) is 0 Å². The number of alkyl carbamates (subject to hydrolysis) is 1. The Morgan fingerprint density at radius 3 is 2.53 bits per heavy atom. The highest BCUT2D eigenvalue weighted by atomic mass is 32.1. The van der Waals surface area contributed by atoms with Crippen LogP contribution in [0.5, 0.6) is 0 Å². The van der Waals surface area contributed by atoms with Crippen molar-refractivity contribution in [2.24, 2.45) is 0 Å². The Hall–Kier alpha value is -1.43. The van der Waals surface area contributed by atoms with Gasteiger partial charge in [-0.3, -0.25) is 0 Å². The third-order valence-electron chi connectivity index (χ3n) is 2.16. The minimum absolute atomic E-state index is 0.299. The molecule has 0 aliphatic heterocycles. The summed E-state index contributed by atoms with van der Waals surface area (Å²) >= 11 is 1.48. The van der Waals surface area contributed by atoms with E-state index in [1.807, 2.05) is 13.8 Å². The van der Waals surface area contributed by atoms with E-state index in [0.717, 1.165) is 5.01 Å². The molecule has 1 rings (SSSR count). The fourth-order valence-corrected chi connectivity index (χ4v) is 2.19. The molecule has 0 spiro atoms. The maximum Gasteiger partial charge on any atom is 0.408 e. The average Bonchev–Trinajstić information content (AvgIpc) is 2.72. The van der Waals surface area contributed by atoms with Crippen LogP contribution in [0.3, 0.4) is 0 Å². The van der Waals surface area contributed by atoms with Crippen molar-refractivity contribution in [1.29, 1.82) is 0 Å². The Balaban J connectivity index is 2.72. The fourth-order valence-electron chi connectivity index (χ4n) is 1.32. The molecule has 1 heterocycles. The lowest BCUT2D eigenvalue weighted by Crippen LogP contribution is -2.35. The summed E-state index contributed by atoms with van der Waals surface area (Å²) in [6.45, 7) is 9.35. The number of aromatic nitrogens is 1. The molecule has 1 unspecified atom stereocenters. The molecule has 0 saturated heterocycles. The number of carbonyl (C=O) groups excluding carboxylic acids is 2. The highest BCUT2D eigenvalue weighted by molar-refractivity contribution is 7.09. The number of nitrogens with one attached hydrogen (secondary N) is 1. The summed E-state index contributed by atoms with van der Waals surface area (Å²) in [6.07, 6.45) is 0.0343. The summed E-state index contributed by atoms with van der Waals surface area (Å²) in [4.78, 5) is 27.1. The molecule has 6 heteroatoms. The van der Waals surface area contributed by atoms with Gasteiger partial charge in [0.25, 0.3) is 0 Å². The second-order valence-electron chi connectivity index (χ2n) is 5.53. The smallest absolute Gasteiger partial charge is 0.408 e. The van der Waals surface area contributed by atoms with Crippen LogP contribution in [-0.4, -0.2) is 23.0 Å². The van der Waals surface area contributed by atoms with Gasteiger partial charge < -0.3 is 14.8 Å². The first-order chi connectivity index (χ1) is 8.73. The Morgan fingerprint density at radius 2 is 2.11 bits per heavy atom. The first kappa shape index (κ1) is 15.6. The van der Waals surface area contributed by atoms with Gasteiger partial charge in [0.05, 0.1) is 10.7 Å². The van der Waals surface area contributed by atoms with E-state index >= 15 is 0 Å². The molecule has 1 atom stereocenters. The maximum absolute atomic E-state index is 11.6. The summed E-state index contributed by atoms with van der Waals surface area (Å²) in [5.41, 5.74) is -0.0440. The van der Waals surface area contributed by atoms with Gasteiger partial charge in [-0.05, 0) is 20.8 Å². The normalized spacial score (nSPS) is 13.2. The zero-order valence-electron chi connectivity index (χ0n) is 11.9. The molecule has 0 saturated carbocycles. The number of thiazole rings is 1. The van der Waals surface area contributed by atoms with Crippen molar-refractivity contribution in [2.75, 3.05) is 0 Å². The van der Waals surface area contributed by atoms with Crippen LogP contribution in [0.25, 0.3) is 0 Å². The third kappa shape index (κ3) is 4.98. The lowest BCUT2D eigenvalue weighted by atomic mass is 10.2. The van der Waals surface area contributed by atoms with Crippen molar-refractivity contribution < 1.29 is 14.3 Å². The van der Waals surface area contributed by atoms with E-state index in [1.54, 1.807) is 26.2 Å². The van der Waals surface area contributed by atoms with Crippen molar-refractivity contribution in [3.63, 3.8) is 0 Å². The minimum Gasteiger partial charge on any atom is -0.444 e. The van der Waals surface area contributed by atoms with Gasteiger partial charge >= 0.3 is 6.09 Å². The largest absolute Gasteiger partial charge is 0.444 e. The molecule has 19 heavy (non-hydrogen) atoms. The Morgan fingerprint density at radius 1 is 1.47 bits per heavy atom. The second-order valence-corrected chi connectivity index (χ2v) is 6.41. The molecular formula is C13H20N2O3S. The molecule has 0 bridgehead atoms.